The molecule has 0 amide bonds. The summed E-state index contributed by atoms with van der Waals surface area (Å²) in [7, 11) is -3.27. The molecule has 0 aliphatic carbocycles. The van der Waals surface area contributed by atoms with Crippen molar-refractivity contribution >= 4 is 27.1 Å². The second-order valence-electron chi connectivity index (χ2n) is 4.81. The van der Waals surface area contributed by atoms with Gasteiger partial charge in [-0.3, -0.25) is 0 Å². The Kier molecular flexibility index (Phi) is 4.35. The molecule has 0 heterocycles. The number of halogens is 1. The van der Waals surface area contributed by atoms with E-state index in [0.29, 0.717) is 16.3 Å². The average molecular weight is 310 g/mol. The van der Waals surface area contributed by atoms with Crippen LogP contribution in [-0.2, 0) is 21.3 Å². The minimum Gasteiger partial charge on any atom is -0.399 e. The quantitative estimate of drug-likeness (QED) is 0.881. The van der Waals surface area contributed by atoms with Crippen LogP contribution < -0.4 is 5.73 Å². The lowest BCUT2D eigenvalue weighted by Gasteiger charge is -2.09. The minimum atomic E-state index is -3.27. The van der Waals surface area contributed by atoms with Gasteiger partial charge in [0, 0.05) is 10.7 Å². The predicted octanol–water partition coefficient (Wildman–Crippen LogP) is 3.35. The predicted molar refractivity (Wildman–Crippen MR) is 83.4 cm³/mol. The molecule has 0 bridgehead atoms. The maximum absolute atomic E-state index is 12.3. The summed E-state index contributed by atoms with van der Waals surface area (Å²) >= 11 is 6.03. The third-order valence-corrected chi connectivity index (χ3v) is 4.94. The topological polar surface area (TPSA) is 60.2 Å². The molecule has 0 saturated carbocycles. The van der Waals surface area contributed by atoms with Gasteiger partial charge in [-0.25, -0.2) is 8.42 Å². The zero-order chi connectivity index (χ0) is 14.8. The molecule has 0 saturated heterocycles. The number of nitrogens with two attached hydrogens (primary N) is 1. The van der Waals surface area contributed by atoms with E-state index >= 15 is 0 Å². The van der Waals surface area contributed by atoms with E-state index in [4.69, 9.17) is 17.3 Å². The molecule has 2 aromatic carbocycles. The van der Waals surface area contributed by atoms with E-state index in [-0.39, 0.29) is 11.5 Å². The summed E-state index contributed by atoms with van der Waals surface area (Å²) in [6.07, 6.45) is 0. The van der Waals surface area contributed by atoms with Gasteiger partial charge in [-0.2, -0.15) is 0 Å². The summed E-state index contributed by atoms with van der Waals surface area (Å²) in [6.45, 7) is 1.90. The first-order chi connectivity index (χ1) is 9.37. The highest BCUT2D eigenvalue weighted by molar-refractivity contribution is 7.89. The van der Waals surface area contributed by atoms with Crippen molar-refractivity contribution in [2.24, 2.45) is 0 Å². The van der Waals surface area contributed by atoms with Crippen LogP contribution in [0.2, 0.25) is 5.02 Å². The first kappa shape index (κ1) is 14.9. The molecule has 2 rings (SSSR count). The molecule has 0 aliphatic rings. The second-order valence-corrected chi connectivity index (χ2v) is 7.28. The molecule has 0 unspecified atom stereocenters. The first-order valence-corrected chi connectivity index (χ1v) is 8.36. The van der Waals surface area contributed by atoms with E-state index in [0.717, 1.165) is 11.1 Å². The second kappa shape index (κ2) is 5.85. The third-order valence-electron chi connectivity index (χ3n) is 3.09. The van der Waals surface area contributed by atoms with E-state index in [9.17, 15) is 8.42 Å². The Morgan fingerprint density at radius 1 is 1.05 bits per heavy atom. The van der Waals surface area contributed by atoms with Gasteiger partial charge < -0.3 is 5.73 Å². The van der Waals surface area contributed by atoms with Crippen molar-refractivity contribution in [2.75, 3.05) is 5.73 Å². The summed E-state index contributed by atoms with van der Waals surface area (Å²) in [4.78, 5) is 0. The van der Waals surface area contributed by atoms with E-state index in [1.165, 1.54) is 0 Å². The van der Waals surface area contributed by atoms with Crippen molar-refractivity contribution in [1.29, 1.82) is 0 Å². The fourth-order valence-electron chi connectivity index (χ4n) is 1.98. The molecular formula is C15H16ClNO2S. The number of aryl methyl sites for hydroxylation is 1. The Balaban J connectivity index is 2.22. The number of hydrogen-bond donors (Lipinski definition) is 1. The fraction of sp³-hybridized carbons (Fsp3) is 0.200. The van der Waals surface area contributed by atoms with Gasteiger partial charge in [0.05, 0.1) is 11.5 Å². The number of rotatable bonds is 4. The highest BCUT2D eigenvalue weighted by Crippen LogP contribution is 2.23. The Bertz CT molecular complexity index is 726. The molecule has 0 fully saturated rings. The summed E-state index contributed by atoms with van der Waals surface area (Å²) in [5, 5.41) is 0.387. The molecule has 2 N–H and O–H groups in total. The molecule has 0 atom stereocenters. The van der Waals surface area contributed by atoms with Crippen LogP contribution >= 0.6 is 11.6 Å². The van der Waals surface area contributed by atoms with Crippen LogP contribution in [0.25, 0.3) is 0 Å². The van der Waals surface area contributed by atoms with Gasteiger partial charge in [0.2, 0.25) is 0 Å². The number of sulfone groups is 1. The van der Waals surface area contributed by atoms with Gasteiger partial charge in [-0.05, 0) is 35.7 Å². The van der Waals surface area contributed by atoms with Crippen LogP contribution in [-0.4, -0.2) is 8.42 Å². The van der Waals surface area contributed by atoms with Crippen LogP contribution in [0.3, 0.4) is 0 Å². The molecule has 0 aliphatic heterocycles. The molecule has 0 radical (unpaired) electrons. The molecule has 0 aromatic heterocycles. The van der Waals surface area contributed by atoms with Gasteiger partial charge in [0.25, 0.3) is 0 Å². The highest BCUT2D eigenvalue weighted by Gasteiger charge is 2.16. The lowest BCUT2D eigenvalue weighted by atomic mass is 10.1. The van der Waals surface area contributed by atoms with Crippen LogP contribution in [0.4, 0.5) is 5.69 Å². The standard InChI is InChI=1S/C15H16ClNO2S/c1-11-4-2-3-5-12(11)9-20(18,19)10-13-6-7-14(17)8-15(13)16/h2-8H,9-10,17H2,1H3. The van der Waals surface area contributed by atoms with Gasteiger partial charge in [-0.1, -0.05) is 41.9 Å². The van der Waals surface area contributed by atoms with E-state index in [1.807, 2.05) is 31.2 Å². The number of nitrogen functional groups attached to an aromatic ring is 1. The van der Waals surface area contributed by atoms with E-state index in [1.54, 1.807) is 18.2 Å². The first-order valence-electron chi connectivity index (χ1n) is 6.16. The maximum atomic E-state index is 12.3. The van der Waals surface area contributed by atoms with E-state index < -0.39 is 9.84 Å². The van der Waals surface area contributed by atoms with Crippen molar-refractivity contribution in [1.82, 2.24) is 0 Å². The average Bonchev–Trinajstić information content (AvgIpc) is 2.35. The molecular weight excluding hydrogens is 294 g/mol. The monoisotopic (exact) mass is 309 g/mol. The fourth-order valence-corrected chi connectivity index (χ4v) is 3.94. The molecule has 2 aromatic rings. The van der Waals surface area contributed by atoms with Gasteiger partial charge >= 0.3 is 0 Å². The van der Waals surface area contributed by atoms with Crippen LogP contribution in [0, 0.1) is 6.92 Å². The number of hydrogen-bond acceptors (Lipinski definition) is 3. The molecule has 20 heavy (non-hydrogen) atoms. The number of benzene rings is 2. The van der Waals surface area contributed by atoms with Crippen molar-refractivity contribution in [3.8, 4) is 0 Å². The van der Waals surface area contributed by atoms with Crippen LogP contribution in [0.15, 0.2) is 42.5 Å². The van der Waals surface area contributed by atoms with Crippen molar-refractivity contribution in [2.45, 2.75) is 18.4 Å². The summed E-state index contributed by atoms with van der Waals surface area (Å²) in [5.74, 6) is -0.0686. The lowest BCUT2D eigenvalue weighted by molar-refractivity contribution is 0.594. The van der Waals surface area contributed by atoms with Crippen LogP contribution in [0.5, 0.6) is 0 Å². The largest absolute Gasteiger partial charge is 0.399 e. The van der Waals surface area contributed by atoms with Gasteiger partial charge in [-0.15, -0.1) is 0 Å². The zero-order valence-corrected chi connectivity index (χ0v) is 12.7. The molecule has 5 heteroatoms. The Labute approximate surface area is 124 Å². The van der Waals surface area contributed by atoms with Gasteiger partial charge in [0.1, 0.15) is 0 Å². The molecule has 3 nitrogen and oxygen atoms in total. The summed E-state index contributed by atoms with van der Waals surface area (Å²) in [5.41, 5.74) is 8.49. The normalized spacial score (nSPS) is 11.5. The van der Waals surface area contributed by atoms with Crippen molar-refractivity contribution < 1.29 is 8.42 Å². The molecule has 0 spiro atoms. The number of anilines is 1. The maximum Gasteiger partial charge on any atom is 0.158 e. The Morgan fingerprint density at radius 2 is 1.70 bits per heavy atom. The molecule has 106 valence electrons. The Morgan fingerprint density at radius 3 is 2.35 bits per heavy atom. The minimum absolute atomic E-state index is 0.0143. The smallest absolute Gasteiger partial charge is 0.158 e. The zero-order valence-electron chi connectivity index (χ0n) is 11.1. The Hall–Kier alpha value is -1.52. The SMILES string of the molecule is Cc1ccccc1CS(=O)(=O)Cc1ccc(N)cc1Cl. The highest BCUT2D eigenvalue weighted by atomic mass is 35.5. The third kappa shape index (κ3) is 3.74. The van der Waals surface area contributed by atoms with E-state index in [2.05, 4.69) is 0 Å². The summed E-state index contributed by atoms with van der Waals surface area (Å²) < 4.78 is 24.5. The van der Waals surface area contributed by atoms with Crippen LogP contribution in [0.1, 0.15) is 16.7 Å². The lowest BCUT2D eigenvalue weighted by Crippen LogP contribution is -2.09. The van der Waals surface area contributed by atoms with Gasteiger partial charge in [0.15, 0.2) is 9.84 Å². The summed E-state index contributed by atoms with van der Waals surface area (Å²) in [6, 6.07) is 12.4. The van der Waals surface area contributed by atoms with Crippen molar-refractivity contribution in [3.63, 3.8) is 0 Å². The van der Waals surface area contributed by atoms with Crippen molar-refractivity contribution in [3.05, 3.63) is 64.2 Å².